The Labute approximate surface area is 96.4 Å². The number of hydrogen-bond donors (Lipinski definition) is 2. The topological polar surface area (TPSA) is 58.4 Å². The van der Waals surface area contributed by atoms with Gasteiger partial charge in [-0.2, -0.15) is 0 Å². The van der Waals surface area contributed by atoms with Gasteiger partial charge in [-0.15, -0.1) is 0 Å². The second-order valence-corrected chi connectivity index (χ2v) is 3.75. The fraction of sp³-hybridized carbons (Fsp3) is 0.417. The Hall–Kier alpha value is -1.39. The van der Waals surface area contributed by atoms with Gasteiger partial charge in [-0.25, -0.2) is 0 Å². The Morgan fingerprint density at radius 3 is 2.62 bits per heavy atom. The van der Waals surface area contributed by atoms with Gasteiger partial charge in [0.25, 0.3) is 0 Å². The van der Waals surface area contributed by atoms with Crippen LogP contribution in [0.4, 0.5) is 0 Å². The van der Waals surface area contributed by atoms with Gasteiger partial charge in [0.05, 0.1) is 0 Å². The van der Waals surface area contributed by atoms with Crippen molar-refractivity contribution < 1.29 is 4.79 Å². The standard InChI is InChI=1S/C12H19N3O/c1-14-8-9-15(2)12(16)11(13)10-6-4-3-5-7-10/h3-7,11,14H,8-9,13H2,1-2H3. The quantitative estimate of drug-likeness (QED) is 0.755. The fourth-order valence-corrected chi connectivity index (χ4v) is 1.43. The molecule has 1 aromatic carbocycles. The molecule has 1 aromatic rings. The molecule has 16 heavy (non-hydrogen) atoms. The molecule has 0 radical (unpaired) electrons. The third-order valence-electron chi connectivity index (χ3n) is 2.50. The minimum atomic E-state index is -0.567. The van der Waals surface area contributed by atoms with Crippen LogP contribution in [0.3, 0.4) is 0 Å². The highest BCUT2D eigenvalue weighted by atomic mass is 16.2. The molecule has 1 amide bonds. The Kier molecular flexibility index (Phi) is 4.95. The molecule has 88 valence electrons. The number of hydrogen-bond acceptors (Lipinski definition) is 3. The van der Waals surface area contributed by atoms with Crippen molar-refractivity contribution in [2.75, 3.05) is 27.2 Å². The summed E-state index contributed by atoms with van der Waals surface area (Å²) in [5, 5.41) is 3.00. The van der Waals surface area contributed by atoms with Gasteiger partial charge in [-0.05, 0) is 12.6 Å². The summed E-state index contributed by atoms with van der Waals surface area (Å²) in [5.41, 5.74) is 6.75. The van der Waals surface area contributed by atoms with Crippen LogP contribution in [0, 0.1) is 0 Å². The maximum absolute atomic E-state index is 11.9. The predicted molar refractivity (Wildman–Crippen MR) is 64.9 cm³/mol. The van der Waals surface area contributed by atoms with E-state index in [0.717, 1.165) is 12.1 Å². The average Bonchev–Trinajstić information content (AvgIpc) is 2.35. The number of carbonyl (C=O) groups excluding carboxylic acids is 1. The van der Waals surface area contributed by atoms with E-state index < -0.39 is 6.04 Å². The molecule has 0 aliphatic rings. The van der Waals surface area contributed by atoms with Crippen molar-refractivity contribution in [1.82, 2.24) is 10.2 Å². The number of amides is 1. The van der Waals surface area contributed by atoms with Gasteiger partial charge in [0.15, 0.2) is 0 Å². The fourth-order valence-electron chi connectivity index (χ4n) is 1.43. The molecule has 1 rings (SSSR count). The Bertz CT molecular complexity index is 326. The van der Waals surface area contributed by atoms with Crippen molar-refractivity contribution in [2.24, 2.45) is 5.73 Å². The Morgan fingerprint density at radius 2 is 2.06 bits per heavy atom. The van der Waals surface area contributed by atoms with Gasteiger partial charge in [-0.1, -0.05) is 30.3 Å². The zero-order valence-corrected chi connectivity index (χ0v) is 9.81. The second-order valence-electron chi connectivity index (χ2n) is 3.75. The van der Waals surface area contributed by atoms with E-state index in [1.54, 1.807) is 11.9 Å². The molecule has 1 atom stereocenters. The zero-order valence-electron chi connectivity index (χ0n) is 9.81. The van der Waals surface area contributed by atoms with E-state index in [-0.39, 0.29) is 5.91 Å². The molecule has 0 aliphatic heterocycles. The van der Waals surface area contributed by atoms with Crippen LogP contribution in [0.15, 0.2) is 30.3 Å². The van der Waals surface area contributed by atoms with Gasteiger partial charge in [-0.3, -0.25) is 4.79 Å². The Balaban J connectivity index is 2.60. The number of nitrogens with two attached hydrogens (primary N) is 1. The first-order valence-electron chi connectivity index (χ1n) is 5.37. The van der Waals surface area contributed by atoms with Crippen LogP contribution in [0.2, 0.25) is 0 Å². The SMILES string of the molecule is CNCCN(C)C(=O)C(N)c1ccccc1. The van der Waals surface area contributed by atoms with E-state index in [1.807, 2.05) is 37.4 Å². The molecule has 0 spiro atoms. The minimum Gasteiger partial charge on any atom is -0.343 e. The van der Waals surface area contributed by atoms with Crippen molar-refractivity contribution in [3.8, 4) is 0 Å². The lowest BCUT2D eigenvalue weighted by molar-refractivity contribution is -0.131. The average molecular weight is 221 g/mol. The summed E-state index contributed by atoms with van der Waals surface area (Å²) in [6.07, 6.45) is 0. The minimum absolute atomic E-state index is 0.0542. The molecule has 0 bridgehead atoms. The number of nitrogens with one attached hydrogen (secondary N) is 1. The van der Waals surface area contributed by atoms with Gasteiger partial charge >= 0.3 is 0 Å². The molecule has 0 fully saturated rings. The summed E-state index contributed by atoms with van der Waals surface area (Å²) in [6.45, 7) is 1.43. The lowest BCUT2D eigenvalue weighted by Crippen LogP contribution is -2.39. The first kappa shape index (κ1) is 12.7. The lowest BCUT2D eigenvalue weighted by Gasteiger charge is -2.21. The molecule has 4 heteroatoms. The number of benzene rings is 1. The largest absolute Gasteiger partial charge is 0.343 e. The van der Waals surface area contributed by atoms with E-state index in [4.69, 9.17) is 5.73 Å². The highest BCUT2D eigenvalue weighted by Crippen LogP contribution is 2.11. The summed E-state index contributed by atoms with van der Waals surface area (Å²) >= 11 is 0. The number of rotatable bonds is 5. The smallest absolute Gasteiger partial charge is 0.243 e. The molecule has 0 aromatic heterocycles. The predicted octanol–water partition coefficient (Wildman–Crippen LogP) is 0.364. The highest BCUT2D eigenvalue weighted by molar-refractivity contribution is 5.82. The number of likely N-dealkylation sites (N-methyl/N-ethyl adjacent to an activating group) is 2. The zero-order chi connectivity index (χ0) is 12.0. The third-order valence-corrected chi connectivity index (χ3v) is 2.50. The molecule has 0 aliphatic carbocycles. The van der Waals surface area contributed by atoms with Crippen LogP contribution in [-0.2, 0) is 4.79 Å². The van der Waals surface area contributed by atoms with Crippen LogP contribution in [-0.4, -0.2) is 38.0 Å². The summed E-state index contributed by atoms with van der Waals surface area (Å²) in [4.78, 5) is 13.6. The van der Waals surface area contributed by atoms with Crippen molar-refractivity contribution in [1.29, 1.82) is 0 Å². The maximum Gasteiger partial charge on any atom is 0.243 e. The molecular formula is C12H19N3O. The summed E-state index contributed by atoms with van der Waals surface area (Å²) in [5.74, 6) is -0.0542. The first-order valence-corrected chi connectivity index (χ1v) is 5.37. The second kappa shape index (κ2) is 6.25. The van der Waals surface area contributed by atoms with E-state index in [2.05, 4.69) is 5.32 Å². The molecule has 4 nitrogen and oxygen atoms in total. The molecule has 3 N–H and O–H groups in total. The van der Waals surface area contributed by atoms with E-state index in [1.165, 1.54) is 0 Å². The normalized spacial score (nSPS) is 12.2. The van der Waals surface area contributed by atoms with Gasteiger partial charge in [0.1, 0.15) is 6.04 Å². The van der Waals surface area contributed by atoms with Crippen molar-refractivity contribution >= 4 is 5.91 Å². The lowest BCUT2D eigenvalue weighted by atomic mass is 10.1. The first-order chi connectivity index (χ1) is 7.66. The van der Waals surface area contributed by atoms with E-state index in [0.29, 0.717) is 6.54 Å². The van der Waals surface area contributed by atoms with Crippen LogP contribution in [0.1, 0.15) is 11.6 Å². The van der Waals surface area contributed by atoms with Crippen LogP contribution >= 0.6 is 0 Å². The molecular weight excluding hydrogens is 202 g/mol. The van der Waals surface area contributed by atoms with E-state index >= 15 is 0 Å². The van der Waals surface area contributed by atoms with Gasteiger partial charge < -0.3 is 16.0 Å². The van der Waals surface area contributed by atoms with Gasteiger partial charge in [0.2, 0.25) is 5.91 Å². The van der Waals surface area contributed by atoms with Crippen LogP contribution in [0.25, 0.3) is 0 Å². The monoisotopic (exact) mass is 221 g/mol. The number of carbonyl (C=O) groups is 1. The summed E-state index contributed by atoms with van der Waals surface area (Å²) < 4.78 is 0. The van der Waals surface area contributed by atoms with Crippen molar-refractivity contribution in [2.45, 2.75) is 6.04 Å². The molecule has 0 saturated heterocycles. The molecule has 0 saturated carbocycles. The van der Waals surface area contributed by atoms with Crippen LogP contribution < -0.4 is 11.1 Å². The van der Waals surface area contributed by atoms with Gasteiger partial charge in [0, 0.05) is 20.1 Å². The van der Waals surface area contributed by atoms with Crippen LogP contribution in [0.5, 0.6) is 0 Å². The van der Waals surface area contributed by atoms with Crippen molar-refractivity contribution in [3.63, 3.8) is 0 Å². The molecule has 0 heterocycles. The highest BCUT2D eigenvalue weighted by Gasteiger charge is 2.18. The van der Waals surface area contributed by atoms with E-state index in [9.17, 15) is 4.79 Å². The molecule has 1 unspecified atom stereocenters. The summed E-state index contributed by atoms with van der Waals surface area (Å²) in [6, 6.07) is 8.85. The maximum atomic E-state index is 11.9. The third kappa shape index (κ3) is 3.32. The number of nitrogens with zero attached hydrogens (tertiary/aromatic N) is 1. The van der Waals surface area contributed by atoms with Crippen molar-refractivity contribution in [3.05, 3.63) is 35.9 Å². The summed E-state index contributed by atoms with van der Waals surface area (Å²) in [7, 11) is 3.62. The Morgan fingerprint density at radius 1 is 1.44 bits per heavy atom.